The number of hydrogen-bond donors (Lipinski definition) is 1. The van der Waals surface area contributed by atoms with Crippen molar-refractivity contribution >= 4 is 23.2 Å². The van der Waals surface area contributed by atoms with Crippen LogP contribution in [0.2, 0.25) is 10.0 Å². The number of hydrogen-bond acceptors (Lipinski definition) is 2. The Bertz CT molecular complexity index is 448. The first-order chi connectivity index (χ1) is 8.87. The van der Waals surface area contributed by atoms with E-state index in [1.807, 2.05) is 12.1 Å². The van der Waals surface area contributed by atoms with Crippen LogP contribution in [0.5, 0.6) is 0 Å². The van der Waals surface area contributed by atoms with Crippen LogP contribution in [0, 0.1) is 0 Å². The van der Waals surface area contributed by atoms with Crippen molar-refractivity contribution in [1.82, 2.24) is 5.32 Å². The molecule has 2 rings (SSSR count). The Morgan fingerprint density at radius 2 is 2.16 bits per heavy atom. The van der Waals surface area contributed by atoms with Crippen LogP contribution in [0.4, 0.5) is 0 Å². The second kappa shape index (κ2) is 6.01. The maximum Gasteiger partial charge on any atom is 0.0708 e. The zero-order valence-electron chi connectivity index (χ0n) is 11.7. The maximum atomic E-state index is 6.21. The molecule has 0 radical (unpaired) electrons. The van der Waals surface area contributed by atoms with Crippen LogP contribution in [-0.4, -0.2) is 18.2 Å². The van der Waals surface area contributed by atoms with Gasteiger partial charge in [0.05, 0.1) is 11.7 Å². The van der Waals surface area contributed by atoms with Gasteiger partial charge in [0.25, 0.3) is 0 Å². The average molecular weight is 302 g/mol. The van der Waals surface area contributed by atoms with Crippen molar-refractivity contribution in [3.05, 3.63) is 33.8 Å². The van der Waals surface area contributed by atoms with E-state index in [9.17, 15) is 0 Å². The minimum Gasteiger partial charge on any atom is -0.371 e. The third-order valence-electron chi connectivity index (χ3n) is 3.63. The fourth-order valence-electron chi connectivity index (χ4n) is 2.49. The molecule has 1 fully saturated rings. The highest BCUT2D eigenvalue weighted by Gasteiger charge is 2.31. The molecule has 1 aliphatic heterocycles. The third kappa shape index (κ3) is 4.09. The van der Waals surface area contributed by atoms with Crippen LogP contribution in [-0.2, 0) is 4.74 Å². The number of benzene rings is 1. The van der Waals surface area contributed by atoms with Gasteiger partial charge in [-0.3, -0.25) is 0 Å². The van der Waals surface area contributed by atoms with Crippen LogP contribution in [0.1, 0.15) is 45.2 Å². The molecule has 2 unspecified atom stereocenters. The molecule has 0 amide bonds. The summed E-state index contributed by atoms with van der Waals surface area (Å²) in [6, 6.07) is 5.82. The summed E-state index contributed by atoms with van der Waals surface area (Å²) in [6.07, 6.45) is 2.53. The predicted octanol–water partition coefficient (Wildman–Crippen LogP) is 4.60. The summed E-state index contributed by atoms with van der Waals surface area (Å²) in [6.45, 7) is 7.25. The molecule has 1 aromatic carbocycles. The van der Waals surface area contributed by atoms with Gasteiger partial charge in [-0.25, -0.2) is 0 Å². The summed E-state index contributed by atoms with van der Waals surface area (Å²) in [5.74, 6) is 0. The van der Waals surface area contributed by atoms with E-state index >= 15 is 0 Å². The highest BCUT2D eigenvalue weighted by atomic mass is 35.5. The zero-order chi connectivity index (χ0) is 14.0. The van der Waals surface area contributed by atoms with Crippen molar-refractivity contribution in [2.75, 3.05) is 6.54 Å². The predicted molar refractivity (Wildman–Crippen MR) is 81.1 cm³/mol. The van der Waals surface area contributed by atoms with Crippen LogP contribution >= 0.6 is 23.2 Å². The van der Waals surface area contributed by atoms with Crippen LogP contribution < -0.4 is 5.32 Å². The Kier molecular flexibility index (Phi) is 4.78. The van der Waals surface area contributed by atoms with Gasteiger partial charge in [0.15, 0.2) is 0 Å². The van der Waals surface area contributed by atoms with E-state index in [1.165, 1.54) is 0 Å². The summed E-state index contributed by atoms with van der Waals surface area (Å²) in [5.41, 5.74) is 1.09. The van der Waals surface area contributed by atoms with Crippen molar-refractivity contribution in [1.29, 1.82) is 0 Å². The molecule has 0 aliphatic carbocycles. The Morgan fingerprint density at radius 3 is 2.74 bits per heavy atom. The molecule has 19 heavy (non-hydrogen) atoms. The topological polar surface area (TPSA) is 21.3 Å². The van der Waals surface area contributed by atoms with Crippen molar-refractivity contribution in [3.63, 3.8) is 0 Å². The van der Waals surface area contributed by atoms with E-state index in [1.54, 1.807) is 6.07 Å². The van der Waals surface area contributed by atoms with Gasteiger partial charge in [0.2, 0.25) is 0 Å². The van der Waals surface area contributed by atoms with E-state index < -0.39 is 0 Å². The van der Waals surface area contributed by atoms with Gasteiger partial charge in [-0.1, -0.05) is 29.3 Å². The summed E-state index contributed by atoms with van der Waals surface area (Å²) in [4.78, 5) is 0. The molecule has 0 bridgehead atoms. The molecule has 2 atom stereocenters. The van der Waals surface area contributed by atoms with Crippen LogP contribution in [0.25, 0.3) is 0 Å². The summed E-state index contributed by atoms with van der Waals surface area (Å²) >= 11 is 12.1. The molecule has 0 saturated carbocycles. The second-order valence-electron chi connectivity index (χ2n) is 5.83. The van der Waals surface area contributed by atoms with Crippen molar-refractivity contribution in [3.8, 4) is 0 Å². The molecule has 1 heterocycles. The molecule has 1 aromatic rings. The van der Waals surface area contributed by atoms with Gasteiger partial charge in [0.1, 0.15) is 0 Å². The smallest absolute Gasteiger partial charge is 0.0708 e. The molecule has 2 nitrogen and oxygen atoms in total. The third-order valence-corrected chi connectivity index (χ3v) is 4.20. The first kappa shape index (κ1) is 15.1. The minimum atomic E-state index is 0.0213. The van der Waals surface area contributed by atoms with Crippen LogP contribution in [0.15, 0.2) is 18.2 Å². The fourth-order valence-corrected chi connectivity index (χ4v) is 3.06. The van der Waals surface area contributed by atoms with Crippen molar-refractivity contribution < 1.29 is 4.74 Å². The highest BCUT2D eigenvalue weighted by molar-refractivity contribution is 6.35. The molecular formula is C15H21Cl2NO. The molecule has 1 N–H and O–H groups in total. The summed E-state index contributed by atoms with van der Waals surface area (Å²) in [5, 5.41) is 4.86. The molecular weight excluding hydrogens is 281 g/mol. The lowest BCUT2D eigenvalue weighted by Gasteiger charge is -2.22. The standard InChI is InChI=1S/C15H21Cl2NO/c1-10(13-5-4-11(16)8-14(13)17)18-9-12-6-7-15(2,3)19-12/h4-5,8,10,12,18H,6-7,9H2,1-3H3. The summed E-state index contributed by atoms with van der Waals surface area (Å²) in [7, 11) is 0. The van der Waals surface area contributed by atoms with Crippen molar-refractivity contribution in [2.24, 2.45) is 0 Å². The van der Waals surface area contributed by atoms with E-state index in [-0.39, 0.29) is 11.6 Å². The van der Waals surface area contributed by atoms with Gasteiger partial charge in [-0.2, -0.15) is 0 Å². The average Bonchev–Trinajstić information content (AvgIpc) is 2.66. The van der Waals surface area contributed by atoms with Gasteiger partial charge < -0.3 is 10.1 Å². The van der Waals surface area contributed by atoms with E-state index in [4.69, 9.17) is 27.9 Å². The molecule has 1 aliphatic rings. The number of rotatable bonds is 4. The molecule has 0 aromatic heterocycles. The van der Waals surface area contributed by atoms with Gasteiger partial charge >= 0.3 is 0 Å². The lowest BCUT2D eigenvalue weighted by Crippen LogP contribution is -2.31. The van der Waals surface area contributed by atoms with E-state index in [0.29, 0.717) is 16.1 Å². The lowest BCUT2D eigenvalue weighted by molar-refractivity contribution is -0.0150. The maximum absolute atomic E-state index is 6.21. The van der Waals surface area contributed by atoms with Gasteiger partial charge in [0, 0.05) is 22.6 Å². The first-order valence-electron chi connectivity index (χ1n) is 6.73. The SMILES string of the molecule is CC(NCC1CCC(C)(C)O1)c1ccc(Cl)cc1Cl. The minimum absolute atomic E-state index is 0.0213. The zero-order valence-corrected chi connectivity index (χ0v) is 13.2. The number of halogens is 2. The van der Waals surface area contributed by atoms with Crippen LogP contribution in [0.3, 0.4) is 0 Å². The fraction of sp³-hybridized carbons (Fsp3) is 0.600. The van der Waals surface area contributed by atoms with Crippen molar-refractivity contribution in [2.45, 2.75) is 51.4 Å². The lowest BCUT2D eigenvalue weighted by atomic mass is 10.1. The summed E-state index contributed by atoms with van der Waals surface area (Å²) < 4.78 is 5.97. The molecule has 106 valence electrons. The Balaban J connectivity index is 1.89. The Morgan fingerprint density at radius 1 is 1.42 bits per heavy atom. The number of nitrogens with one attached hydrogen (secondary N) is 1. The molecule has 4 heteroatoms. The van der Waals surface area contributed by atoms with E-state index in [2.05, 4.69) is 26.1 Å². The molecule has 1 saturated heterocycles. The van der Waals surface area contributed by atoms with Gasteiger partial charge in [-0.15, -0.1) is 0 Å². The highest BCUT2D eigenvalue weighted by Crippen LogP contribution is 2.30. The largest absolute Gasteiger partial charge is 0.371 e. The monoisotopic (exact) mass is 301 g/mol. The molecule has 0 spiro atoms. The van der Waals surface area contributed by atoms with E-state index in [0.717, 1.165) is 24.9 Å². The van der Waals surface area contributed by atoms with Gasteiger partial charge in [-0.05, 0) is 51.3 Å². The quantitative estimate of drug-likeness (QED) is 0.877. The second-order valence-corrected chi connectivity index (χ2v) is 6.68. The normalized spacial score (nSPS) is 23.5. The first-order valence-corrected chi connectivity index (χ1v) is 7.49. The Hall–Kier alpha value is -0.280. The Labute approximate surface area is 125 Å². The number of ether oxygens (including phenoxy) is 1.